The van der Waals surface area contributed by atoms with E-state index >= 15 is 0 Å². The van der Waals surface area contributed by atoms with Gasteiger partial charge in [0.05, 0.1) is 0 Å². The largest absolute Gasteiger partial charge is 0.490 e. The highest BCUT2D eigenvalue weighted by atomic mass is 16.5. The molecule has 1 rings (SSSR count). The number of nitrogens with one attached hydrogen (secondary N) is 1. The molecule has 0 saturated heterocycles. The van der Waals surface area contributed by atoms with E-state index in [0.717, 1.165) is 5.69 Å². The van der Waals surface area contributed by atoms with Gasteiger partial charge in [0.15, 0.2) is 0 Å². The summed E-state index contributed by atoms with van der Waals surface area (Å²) in [4.78, 5) is 9.97. The molecular formula is C8H8NO2. The van der Waals surface area contributed by atoms with Crippen LogP contribution in [0.15, 0.2) is 24.3 Å². The molecule has 1 amide bonds. The Balaban J connectivity index is 2.74. The van der Waals surface area contributed by atoms with E-state index in [4.69, 9.17) is 0 Å². The van der Waals surface area contributed by atoms with Crippen LogP contribution in [-0.4, -0.2) is 6.41 Å². The van der Waals surface area contributed by atoms with Gasteiger partial charge in [-0.1, -0.05) is 0 Å². The Hall–Kier alpha value is -1.51. The van der Waals surface area contributed by atoms with Crippen molar-refractivity contribution in [2.75, 3.05) is 5.32 Å². The Labute approximate surface area is 65.0 Å². The normalized spacial score (nSPS) is 8.82. The van der Waals surface area contributed by atoms with E-state index in [-0.39, 0.29) is 0 Å². The molecule has 0 fully saturated rings. The second-order valence-corrected chi connectivity index (χ2v) is 1.93. The first-order chi connectivity index (χ1) is 5.36. The second kappa shape index (κ2) is 3.61. The molecule has 1 aromatic rings. The summed E-state index contributed by atoms with van der Waals surface area (Å²) in [5.74, 6) is 0.668. The SMILES string of the molecule is [CH2]Oc1ccc(NC=O)cc1. The number of rotatable bonds is 3. The van der Waals surface area contributed by atoms with Gasteiger partial charge in [0.1, 0.15) is 12.9 Å². The van der Waals surface area contributed by atoms with Crippen molar-refractivity contribution in [2.45, 2.75) is 0 Å². The van der Waals surface area contributed by atoms with E-state index in [0.29, 0.717) is 12.2 Å². The van der Waals surface area contributed by atoms with Crippen LogP contribution in [-0.2, 0) is 4.79 Å². The lowest BCUT2D eigenvalue weighted by Crippen LogP contribution is -1.92. The lowest BCUT2D eigenvalue weighted by Gasteiger charge is -2.00. The van der Waals surface area contributed by atoms with Crippen LogP contribution in [0.3, 0.4) is 0 Å². The van der Waals surface area contributed by atoms with Crippen molar-refractivity contribution in [3.8, 4) is 5.75 Å². The molecule has 11 heavy (non-hydrogen) atoms. The quantitative estimate of drug-likeness (QED) is 0.662. The van der Waals surface area contributed by atoms with Crippen LogP contribution >= 0.6 is 0 Å². The molecule has 1 radical (unpaired) electrons. The molecule has 1 N–H and O–H groups in total. The Kier molecular flexibility index (Phi) is 2.49. The van der Waals surface area contributed by atoms with Crippen LogP contribution in [0, 0.1) is 7.11 Å². The van der Waals surface area contributed by atoms with Gasteiger partial charge in [-0.2, -0.15) is 0 Å². The van der Waals surface area contributed by atoms with Crippen LogP contribution in [0.25, 0.3) is 0 Å². The summed E-state index contributed by atoms with van der Waals surface area (Å²) in [5.41, 5.74) is 0.737. The number of carbonyl (C=O) groups excluding carboxylic acids is 1. The summed E-state index contributed by atoms with van der Waals surface area (Å²) >= 11 is 0. The Morgan fingerprint density at radius 3 is 2.45 bits per heavy atom. The van der Waals surface area contributed by atoms with Crippen molar-refractivity contribution in [3.63, 3.8) is 0 Å². The predicted molar refractivity (Wildman–Crippen MR) is 42.1 cm³/mol. The van der Waals surface area contributed by atoms with Crippen molar-refractivity contribution in [1.82, 2.24) is 0 Å². The summed E-state index contributed by atoms with van der Waals surface area (Å²) in [6.07, 6.45) is 0.625. The third-order valence-corrected chi connectivity index (χ3v) is 1.25. The van der Waals surface area contributed by atoms with E-state index in [1.807, 2.05) is 0 Å². The monoisotopic (exact) mass is 150 g/mol. The van der Waals surface area contributed by atoms with Gasteiger partial charge in [-0.15, -0.1) is 0 Å². The van der Waals surface area contributed by atoms with Gasteiger partial charge in [0.2, 0.25) is 6.41 Å². The topological polar surface area (TPSA) is 38.3 Å². The highest BCUT2D eigenvalue weighted by Crippen LogP contribution is 2.14. The van der Waals surface area contributed by atoms with Crippen molar-refractivity contribution in [3.05, 3.63) is 31.4 Å². The van der Waals surface area contributed by atoms with Crippen molar-refractivity contribution >= 4 is 12.1 Å². The van der Waals surface area contributed by atoms with Gasteiger partial charge in [-0.25, -0.2) is 0 Å². The van der Waals surface area contributed by atoms with Crippen LogP contribution < -0.4 is 10.1 Å². The maximum Gasteiger partial charge on any atom is 0.211 e. The molecule has 0 bridgehead atoms. The van der Waals surface area contributed by atoms with Gasteiger partial charge in [-0.3, -0.25) is 4.79 Å². The first kappa shape index (κ1) is 7.60. The number of ether oxygens (including phenoxy) is 1. The molecule has 0 aliphatic heterocycles. The molecule has 0 spiro atoms. The third kappa shape index (κ3) is 1.97. The molecular weight excluding hydrogens is 142 g/mol. The maximum atomic E-state index is 9.97. The van der Waals surface area contributed by atoms with Crippen LogP contribution in [0.5, 0.6) is 5.75 Å². The minimum absolute atomic E-state index is 0.625. The van der Waals surface area contributed by atoms with Crippen molar-refractivity contribution in [2.24, 2.45) is 0 Å². The predicted octanol–water partition coefficient (Wildman–Crippen LogP) is 1.43. The molecule has 0 unspecified atom stereocenters. The Morgan fingerprint density at radius 1 is 1.36 bits per heavy atom. The van der Waals surface area contributed by atoms with Crippen LogP contribution in [0.1, 0.15) is 0 Å². The Morgan fingerprint density at radius 2 is 2.00 bits per heavy atom. The molecule has 0 heterocycles. The van der Waals surface area contributed by atoms with E-state index in [9.17, 15) is 4.79 Å². The van der Waals surface area contributed by atoms with Crippen molar-refractivity contribution < 1.29 is 9.53 Å². The van der Waals surface area contributed by atoms with E-state index in [1.165, 1.54) is 0 Å². The number of benzene rings is 1. The minimum atomic E-state index is 0.625. The average molecular weight is 150 g/mol. The molecule has 0 aromatic heterocycles. The maximum absolute atomic E-state index is 9.97. The highest BCUT2D eigenvalue weighted by molar-refractivity contribution is 5.71. The molecule has 57 valence electrons. The molecule has 0 aliphatic carbocycles. The number of hydrogen-bond donors (Lipinski definition) is 1. The first-order valence-electron chi connectivity index (χ1n) is 3.09. The Bertz CT molecular complexity index is 230. The van der Waals surface area contributed by atoms with Crippen LogP contribution in [0.2, 0.25) is 0 Å². The zero-order valence-corrected chi connectivity index (χ0v) is 5.91. The first-order valence-corrected chi connectivity index (χ1v) is 3.09. The summed E-state index contributed by atoms with van der Waals surface area (Å²) in [5, 5.41) is 2.50. The zero-order chi connectivity index (χ0) is 8.10. The lowest BCUT2D eigenvalue weighted by atomic mass is 10.3. The van der Waals surface area contributed by atoms with Crippen LogP contribution in [0.4, 0.5) is 5.69 Å². The average Bonchev–Trinajstić information content (AvgIpc) is 2.07. The molecule has 3 nitrogen and oxygen atoms in total. The van der Waals surface area contributed by atoms with E-state index in [1.54, 1.807) is 24.3 Å². The highest BCUT2D eigenvalue weighted by Gasteiger charge is 1.90. The summed E-state index contributed by atoms with van der Waals surface area (Å²) < 4.78 is 4.68. The summed E-state index contributed by atoms with van der Waals surface area (Å²) in [6.45, 7) is 0. The standard InChI is InChI=1S/C8H8NO2/c1-11-8-4-2-7(3-5-8)9-6-10/h2-6H,1H2,(H,9,10). The molecule has 3 heteroatoms. The number of hydrogen-bond acceptors (Lipinski definition) is 2. The number of amides is 1. The lowest BCUT2D eigenvalue weighted by molar-refractivity contribution is -0.105. The zero-order valence-electron chi connectivity index (χ0n) is 5.91. The molecule has 0 atom stereocenters. The number of anilines is 1. The van der Waals surface area contributed by atoms with Gasteiger partial charge in [0, 0.05) is 5.69 Å². The van der Waals surface area contributed by atoms with E-state index in [2.05, 4.69) is 17.2 Å². The number of carbonyl (C=O) groups is 1. The molecule has 0 saturated carbocycles. The minimum Gasteiger partial charge on any atom is -0.490 e. The van der Waals surface area contributed by atoms with Crippen molar-refractivity contribution in [1.29, 1.82) is 0 Å². The summed E-state index contributed by atoms with van der Waals surface area (Å²) in [6, 6.07) is 6.90. The fourth-order valence-corrected chi connectivity index (χ4v) is 0.715. The smallest absolute Gasteiger partial charge is 0.211 e. The fraction of sp³-hybridized carbons (Fsp3) is 0. The second-order valence-electron chi connectivity index (χ2n) is 1.93. The van der Waals surface area contributed by atoms with Gasteiger partial charge < -0.3 is 10.1 Å². The summed E-state index contributed by atoms with van der Waals surface area (Å²) in [7, 11) is 3.24. The van der Waals surface area contributed by atoms with E-state index < -0.39 is 0 Å². The van der Waals surface area contributed by atoms with Gasteiger partial charge in [0.25, 0.3) is 0 Å². The molecule has 1 aromatic carbocycles. The van der Waals surface area contributed by atoms with Gasteiger partial charge in [-0.05, 0) is 24.3 Å². The van der Waals surface area contributed by atoms with Gasteiger partial charge >= 0.3 is 0 Å². The fourth-order valence-electron chi connectivity index (χ4n) is 0.715. The third-order valence-electron chi connectivity index (χ3n) is 1.25. The molecule has 0 aliphatic rings.